The summed E-state index contributed by atoms with van der Waals surface area (Å²) in [5.74, 6) is -1.30. The molecule has 0 N–H and O–H groups in total. The van der Waals surface area contributed by atoms with Crippen molar-refractivity contribution in [1.29, 1.82) is 0 Å². The zero-order valence-corrected chi connectivity index (χ0v) is 16.2. The highest BCUT2D eigenvalue weighted by atomic mass is 32.1. The van der Waals surface area contributed by atoms with Gasteiger partial charge in [-0.1, -0.05) is 12.1 Å². The number of carbonyl (C=O) groups excluding carboxylic acids is 2. The van der Waals surface area contributed by atoms with E-state index in [0.29, 0.717) is 6.42 Å². The molecule has 5 heteroatoms. The van der Waals surface area contributed by atoms with E-state index >= 15 is 0 Å². The minimum Gasteiger partial charge on any atom is -0.460 e. The second-order valence-electron chi connectivity index (χ2n) is 7.67. The number of esters is 2. The van der Waals surface area contributed by atoms with Crippen LogP contribution >= 0.6 is 11.3 Å². The lowest BCUT2D eigenvalue weighted by molar-refractivity contribution is -0.167. The SMILES string of the molecule is CC(C)(C)OC(=O)CC(C/C=C/c1cccs1)C(=O)OC(C)(C)C. The van der Waals surface area contributed by atoms with Crippen molar-refractivity contribution in [2.24, 2.45) is 5.92 Å². The van der Waals surface area contributed by atoms with Crippen LogP contribution in [0.3, 0.4) is 0 Å². The highest BCUT2D eigenvalue weighted by molar-refractivity contribution is 7.10. The summed E-state index contributed by atoms with van der Waals surface area (Å²) in [5, 5.41) is 1.99. The van der Waals surface area contributed by atoms with Crippen molar-refractivity contribution >= 4 is 29.4 Å². The first-order valence-corrected chi connectivity index (χ1v) is 8.99. The molecule has 0 bridgehead atoms. The molecular formula is C19H28O4S. The molecule has 1 unspecified atom stereocenters. The molecule has 24 heavy (non-hydrogen) atoms. The Balaban J connectivity index is 2.74. The van der Waals surface area contributed by atoms with Gasteiger partial charge in [-0.2, -0.15) is 0 Å². The van der Waals surface area contributed by atoms with Gasteiger partial charge in [0.15, 0.2) is 0 Å². The summed E-state index contributed by atoms with van der Waals surface area (Å²) in [6.07, 6.45) is 4.31. The van der Waals surface area contributed by atoms with Crippen LogP contribution in [0.1, 0.15) is 59.3 Å². The predicted molar refractivity (Wildman–Crippen MR) is 97.8 cm³/mol. The van der Waals surface area contributed by atoms with E-state index in [4.69, 9.17) is 9.47 Å². The fraction of sp³-hybridized carbons (Fsp3) is 0.579. The number of hydrogen-bond donors (Lipinski definition) is 0. The Hall–Kier alpha value is -1.62. The Kier molecular flexibility index (Phi) is 7.21. The first-order chi connectivity index (χ1) is 11.0. The number of ether oxygens (including phenoxy) is 2. The Bertz CT molecular complexity index is 559. The Labute approximate surface area is 148 Å². The molecule has 0 radical (unpaired) electrons. The van der Waals surface area contributed by atoms with Gasteiger partial charge in [-0.25, -0.2) is 0 Å². The van der Waals surface area contributed by atoms with Gasteiger partial charge in [0, 0.05) is 4.88 Å². The average Bonchev–Trinajstić information content (AvgIpc) is 2.86. The van der Waals surface area contributed by atoms with Crippen LogP contribution in [0.5, 0.6) is 0 Å². The van der Waals surface area contributed by atoms with Crippen molar-refractivity contribution in [3.8, 4) is 0 Å². The molecule has 1 rings (SSSR count). The van der Waals surface area contributed by atoms with Gasteiger partial charge in [-0.15, -0.1) is 11.3 Å². The highest BCUT2D eigenvalue weighted by Gasteiger charge is 2.28. The van der Waals surface area contributed by atoms with Crippen LogP contribution in [-0.2, 0) is 19.1 Å². The van der Waals surface area contributed by atoms with Gasteiger partial charge >= 0.3 is 11.9 Å². The van der Waals surface area contributed by atoms with Crippen LogP contribution in [0.2, 0.25) is 0 Å². The van der Waals surface area contributed by atoms with Gasteiger partial charge < -0.3 is 9.47 Å². The van der Waals surface area contributed by atoms with Crippen LogP contribution in [0.25, 0.3) is 6.08 Å². The molecule has 0 saturated heterocycles. The standard InChI is InChI=1S/C19H28O4S/c1-18(2,3)22-16(20)13-14(17(21)23-19(4,5)6)9-7-10-15-11-8-12-24-15/h7-8,10-12,14H,9,13H2,1-6H3/b10-7+. The molecule has 0 amide bonds. The van der Waals surface area contributed by atoms with Crippen LogP contribution in [0.4, 0.5) is 0 Å². The summed E-state index contributed by atoms with van der Waals surface area (Å²) in [5.41, 5.74) is -1.15. The maximum atomic E-state index is 12.4. The van der Waals surface area contributed by atoms with Crippen LogP contribution in [0, 0.1) is 5.92 Å². The first kappa shape index (κ1) is 20.4. The van der Waals surface area contributed by atoms with Gasteiger partial charge in [-0.05, 0) is 65.5 Å². The lowest BCUT2D eigenvalue weighted by Crippen LogP contribution is -2.31. The molecule has 0 aliphatic rings. The summed E-state index contributed by atoms with van der Waals surface area (Å²) in [7, 11) is 0. The van der Waals surface area contributed by atoms with Crippen LogP contribution in [0.15, 0.2) is 23.6 Å². The smallest absolute Gasteiger partial charge is 0.310 e. The van der Waals surface area contributed by atoms with E-state index in [1.54, 1.807) is 11.3 Å². The van der Waals surface area contributed by atoms with Gasteiger partial charge in [0.05, 0.1) is 12.3 Å². The average molecular weight is 352 g/mol. The van der Waals surface area contributed by atoms with Crippen molar-refractivity contribution in [3.63, 3.8) is 0 Å². The van der Waals surface area contributed by atoms with Crippen molar-refractivity contribution in [1.82, 2.24) is 0 Å². The molecule has 1 heterocycles. The zero-order chi connectivity index (χ0) is 18.4. The number of thiophene rings is 1. The summed E-state index contributed by atoms with van der Waals surface area (Å²) in [4.78, 5) is 25.6. The first-order valence-electron chi connectivity index (χ1n) is 8.11. The molecule has 0 saturated carbocycles. The molecule has 0 aliphatic heterocycles. The third kappa shape index (κ3) is 8.87. The van der Waals surface area contributed by atoms with E-state index in [9.17, 15) is 9.59 Å². The van der Waals surface area contributed by atoms with Gasteiger partial charge in [0.2, 0.25) is 0 Å². The summed E-state index contributed by atoms with van der Waals surface area (Å²) >= 11 is 1.62. The molecular weight excluding hydrogens is 324 g/mol. The normalized spacial score (nSPS) is 13.8. The second kappa shape index (κ2) is 8.47. The predicted octanol–water partition coefficient (Wildman–Crippen LogP) is 4.84. The lowest BCUT2D eigenvalue weighted by atomic mass is 10.0. The minimum atomic E-state index is -0.583. The quantitative estimate of drug-likeness (QED) is 0.687. The van der Waals surface area contributed by atoms with Crippen molar-refractivity contribution in [2.75, 3.05) is 0 Å². The van der Waals surface area contributed by atoms with E-state index in [-0.39, 0.29) is 18.4 Å². The largest absolute Gasteiger partial charge is 0.460 e. The molecule has 0 spiro atoms. The third-order valence-corrected chi connectivity index (χ3v) is 3.66. The van der Waals surface area contributed by atoms with Crippen molar-refractivity contribution < 1.29 is 19.1 Å². The monoisotopic (exact) mass is 352 g/mol. The minimum absolute atomic E-state index is 0.0148. The second-order valence-corrected chi connectivity index (χ2v) is 8.65. The molecule has 0 aromatic carbocycles. The van der Waals surface area contributed by atoms with Crippen LogP contribution in [-0.4, -0.2) is 23.1 Å². The topological polar surface area (TPSA) is 52.6 Å². The maximum absolute atomic E-state index is 12.4. The Morgan fingerprint density at radius 3 is 2.25 bits per heavy atom. The van der Waals surface area contributed by atoms with Gasteiger partial charge in [0.25, 0.3) is 0 Å². The summed E-state index contributed by atoms with van der Waals surface area (Å²) in [6, 6.07) is 3.97. The van der Waals surface area contributed by atoms with E-state index in [0.717, 1.165) is 4.88 Å². The molecule has 1 aromatic heterocycles. The highest BCUT2D eigenvalue weighted by Crippen LogP contribution is 2.21. The summed E-state index contributed by atoms with van der Waals surface area (Å²) < 4.78 is 10.8. The Morgan fingerprint density at radius 2 is 1.75 bits per heavy atom. The van der Waals surface area contributed by atoms with E-state index < -0.39 is 17.1 Å². The molecule has 1 atom stereocenters. The fourth-order valence-corrected chi connectivity index (χ4v) is 2.61. The van der Waals surface area contributed by atoms with E-state index in [2.05, 4.69) is 0 Å². The van der Waals surface area contributed by atoms with E-state index in [1.807, 2.05) is 71.2 Å². The number of carbonyl (C=O) groups is 2. The molecule has 4 nitrogen and oxygen atoms in total. The van der Waals surface area contributed by atoms with Crippen molar-refractivity contribution in [3.05, 3.63) is 28.5 Å². The summed E-state index contributed by atoms with van der Waals surface area (Å²) in [6.45, 7) is 10.9. The molecule has 0 aliphatic carbocycles. The lowest BCUT2D eigenvalue weighted by Gasteiger charge is -2.24. The number of hydrogen-bond acceptors (Lipinski definition) is 5. The number of allylic oxidation sites excluding steroid dienone is 1. The molecule has 0 fully saturated rings. The van der Waals surface area contributed by atoms with Crippen molar-refractivity contribution in [2.45, 2.75) is 65.6 Å². The molecule has 134 valence electrons. The maximum Gasteiger partial charge on any atom is 0.310 e. The zero-order valence-electron chi connectivity index (χ0n) is 15.4. The fourth-order valence-electron chi connectivity index (χ4n) is 1.97. The number of rotatable bonds is 6. The Morgan fingerprint density at radius 1 is 1.12 bits per heavy atom. The third-order valence-electron chi connectivity index (χ3n) is 2.82. The van der Waals surface area contributed by atoms with Gasteiger partial charge in [0.1, 0.15) is 11.2 Å². The van der Waals surface area contributed by atoms with Gasteiger partial charge in [-0.3, -0.25) is 9.59 Å². The van der Waals surface area contributed by atoms with E-state index in [1.165, 1.54) is 0 Å². The van der Waals surface area contributed by atoms with Crippen LogP contribution < -0.4 is 0 Å². The molecule has 1 aromatic rings.